The molecule has 3 amide bonds. The van der Waals surface area contributed by atoms with Crippen LogP contribution in [0.15, 0.2) is 23.3 Å². The Hall–Kier alpha value is -2.90. The Morgan fingerprint density at radius 3 is 2.54 bits per heavy atom. The van der Waals surface area contributed by atoms with Crippen molar-refractivity contribution in [2.75, 3.05) is 19.0 Å². The van der Waals surface area contributed by atoms with Crippen molar-refractivity contribution in [1.29, 1.82) is 0 Å². The van der Waals surface area contributed by atoms with Gasteiger partial charge in [-0.05, 0) is 38.5 Å². The Morgan fingerprint density at radius 1 is 1.21 bits per heavy atom. The van der Waals surface area contributed by atoms with E-state index in [0.29, 0.717) is 23.7 Å². The molecule has 130 valence electrons. The van der Waals surface area contributed by atoms with E-state index in [1.165, 1.54) is 7.11 Å². The van der Waals surface area contributed by atoms with Gasteiger partial charge >= 0.3 is 11.8 Å². The molecular weight excluding hydrogens is 312 g/mol. The van der Waals surface area contributed by atoms with Crippen LogP contribution >= 0.6 is 0 Å². The molecule has 3 N–H and O–H groups in total. The number of ether oxygens (including phenoxy) is 1. The molecule has 0 unspecified atom stereocenters. The second-order valence-corrected chi connectivity index (χ2v) is 5.08. The number of hydrogen-bond donors (Lipinski definition) is 3. The smallest absolute Gasteiger partial charge is 0.329 e. The molecule has 0 aliphatic rings. The highest BCUT2D eigenvalue weighted by atomic mass is 16.5. The summed E-state index contributed by atoms with van der Waals surface area (Å²) in [6.07, 6.45) is 0.0431. The van der Waals surface area contributed by atoms with Gasteiger partial charge in [-0.25, -0.2) is 5.43 Å². The quantitative estimate of drug-likeness (QED) is 0.409. The fourth-order valence-corrected chi connectivity index (χ4v) is 1.83. The van der Waals surface area contributed by atoms with Gasteiger partial charge in [0.25, 0.3) is 0 Å². The number of benzene rings is 1. The van der Waals surface area contributed by atoms with Gasteiger partial charge in [0.05, 0.1) is 19.2 Å². The third-order valence-electron chi connectivity index (χ3n) is 2.95. The largest absolute Gasteiger partial charge is 0.495 e. The molecule has 1 aromatic rings. The van der Waals surface area contributed by atoms with Crippen LogP contribution in [-0.4, -0.2) is 37.1 Å². The van der Waals surface area contributed by atoms with Crippen molar-refractivity contribution < 1.29 is 19.1 Å². The summed E-state index contributed by atoms with van der Waals surface area (Å²) in [4.78, 5) is 35.1. The number of hydrazone groups is 1. The minimum absolute atomic E-state index is 0.0431. The summed E-state index contributed by atoms with van der Waals surface area (Å²) in [6, 6.07) is 5.20. The van der Waals surface area contributed by atoms with Gasteiger partial charge in [-0.15, -0.1) is 0 Å². The Morgan fingerprint density at radius 2 is 1.92 bits per heavy atom. The molecule has 0 fully saturated rings. The number of anilines is 1. The summed E-state index contributed by atoms with van der Waals surface area (Å²) in [5, 5.41) is 8.81. The van der Waals surface area contributed by atoms with Gasteiger partial charge in [0.1, 0.15) is 5.75 Å². The third-order valence-corrected chi connectivity index (χ3v) is 2.95. The summed E-state index contributed by atoms with van der Waals surface area (Å²) in [5.74, 6) is -1.58. The predicted molar refractivity (Wildman–Crippen MR) is 90.9 cm³/mol. The average molecular weight is 334 g/mol. The molecule has 8 nitrogen and oxygen atoms in total. The Balaban J connectivity index is 2.64. The molecule has 0 aliphatic heterocycles. The summed E-state index contributed by atoms with van der Waals surface area (Å²) in [6.45, 7) is 5.75. The third kappa shape index (κ3) is 6.07. The molecular formula is C16H22N4O4. The molecule has 0 aliphatic carbocycles. The average Bonchev–Trinajstić information content (AvgIpc) is 2.53. The van der Waals surface area contributed by atoms with E-state index in [2.05, 4.69) is 21.2 Å². The van der Waals surface area contributed by atoms with E-state index in [9.17, 15) is 14.4 Å². The molecule has 1 rings (SSSR count). The van der Waals surface area contributed by atoms with Gasteiger partial charge in [0.2, 0.25) is 5.91 Å². The second kappa shape index (κ2) is 9.29. The van der Waals surface area contributed by atoms with E-state index in [0.717, 1.165) is 5.56 Å². The Labute approximate surface area is 140 Å². The van der Waals surface area contributed by atoms with Crippen LogP contribution in [0.4, 0.5) is 5.69 Å². The van der Waals surface area contributed by atoms with Crippen LogP contribution in [-0.2, 0) is 14.4 Å². The number of carbonyl (C=O) groups is 3. The molecule has 0 radical (unpaired) electrons. The highest BCUT2D eigenvalue weighted by Gasteiger charge is 2.15. The van der Waals surface area contributed by atoms with Crippen molar-refractivity contribution in [2.24, 2.45) is 5.10 Å². The number of methoxy groups -OCH3 is 1. The Bertz CT molecular complexity index is 655. The van der Waals surface area contributed by atoms with Crippen LogP contribution in [0.1, 0.15) is 25.8 Å². The fraction of sp³-hybridized carbons (Fsp3) is 0.375. The van der Waals surface area contributed by atoms with Crippen LogP contribution in [0.5, 0.6) is 5.75 Å². The minimum atomic E-state index is -0.936. The molecule has 0 atom stereocenters. The van der Waals surface area contributed by atoms with E-state index in [-0.39, 0.29) is 12.3 Å². The summed E-state index contributed by atoms with van der Waals surface area (Å²) in [7, 11) is 1.47. The zero-order chi connectivity index (χ0) is 18.1. The first-order chi connectivity index (χ1) is 11.4. The number of nitrogens with zero attached hydrogens (tertiary/aromatic N) is 1. The van der Waals surface area contributed by atoms with Gasteiger partial charge in [-0.1, -0.05) is 6.07 Å². The van der Waals surface area contributed by atoms with Gasteiger partial charge in [-0.3, -0.25) is 14.4 Å². The van der Waals surface area contributed by atoms with Crippen molar-refractivity contribution in [2.45, 2.75) is 27.2 Å². The van der Waals surface area contributed by atoms with E-state index < -0.39 is 11.8 Å². The van der Waals surface area contributed by atoms with Gasteiger partial charge < -0.3 is 15.4 Å². The van der Waals surface area contributed by atoms with Crippen LogP contribution in [0.2, 0.25) is 0 Å². The maximum atomic E-state index is 11.9. The summed E-state index contributed by atoms with van der Waals surface area (Å²) < 4.78 is 5.13. The standard InChI is InChI=1S/C16H22N4O4/c1-5-17-14(21)9-11(3)19-20-16(23)15(22)18-12-8-10(2)6-7-13(12)24-4/h6-8H,5,9H2,1-4H3,(H,17,21)(H,18,22)(H,20,23)/b19-11-. The normalized spacial score (nSPS) is 10.8. The molecule has 0 saturated heterocycles. The topological polar surface area (TPSA) is 109 Å². The number of hydrogen-bond acceptors (Lipinski definition) is 5. The van der Waals surface area contributed by atoms with Gasteiger partial charge in [0.15, 0.2) is 0 Å². The van der Waals surface area contributed by atoms with Crippen LogP contribution < -0.4 is 20.8 Å². The molecule has 0 heterocycles. The fourth-order valence-electron chi connectivity index (χ4n) is 1.83. The SMILES string of the molecule is CCNC(=O)C/C(C)=N\NC(=O)C(=O)Nc1cc(C)ccc1OC. The van der Waals surface area contributed by atoms with E-state index >= 15 is 0 Å². The number of carbonyl (C=O) groups excluding carboxylic acids is 3. The maximum absolute atomic E-state index is 11.9. The predicted octanol–water partition coefficient (Wildman–Crippen LogP) is 0.960. The van der Waals surface area contributed by atoms with Crippen LogP contribution in [0.25, 0.3) is 0 Å². The molecule has 8 heteroatoms. The number of aryl methyl sites for hydroxylation is 1. The number of nitrogens with one attached hydrogen (secondary N) is 3. The van der Waals surface area contributed by atoms with Crippen molar-refractivity contribution in [1.82, 2.24) is 10.7 Å². The van der Waals surface area contributed by atoms with E-state index in [1.807, 2.05) is 13.0 Å². The highest BCUT2D eigenvalue weighted by molar-refractivity contribution is 6.39. The van der Waals surface area contributed by atoms with E-state index in [1.54, 1.807) is 26.0 Å². The first kappa shape index (κ1) is 19.1. The lowest BCUT2D eigenvalue weighted by molar-refractivity contribution is -0.136. The van der Waals surface area contributed by atoms with Gasteiger partial charge in [0, 0.05) is 12.3 Å². The lowest BCUT2D eigenvalue weighted by Crippen LogP contribution is -2.33. The monoisotopic (exact) mass is 334 g/mol. The first-order valence-electron chi connectivity index (χ1n) is 7.43. The molecule has 24 heavy (non-hydrogen) atoms. The second-order valence-electron chi connectivity index (χ2n) is 5.08. The molecule has 1 aromatic carbocycles. The van der Waals surface area contributed by atoms with Crippen LogP contribution in [0.3, 0.4) is 0 Å². The van der Waals surface area contributed by atoms with Crippen molar-refractivity contribution >= 4 is 29.1 Å². The minimum Gasteiger partial charge on any atom is -0.495 e. The van der Waals surface area contributed by atoms with E-state index in [4.69, 9.17) is 4.74 Å². The molecule has 0 aromatic heterocycles. The van der Waals surface area contributed by atoms with Gasteiger partial charge in [-0.2, -0.15) is 5.10 Å². The number of amides is 3. The summed E-state index contributed by atoms with van der Waals surface area (Å²) in [5.41, 5.74) is 3.80. The lowest BCUT2D eigenvalue weighted by atomic mass is 10.2. The van der Waals surface area contributed by atoms with Crippen molar-refractivity contribution in [3.05, 3.63) is 23.8 Å². The van der Waals surface area contributed by atoms with Crippen molar-refractivity contribution in [3.8, 4) is 5.75 Å². The first-order valence-corrected chi connectivity index (χ1v) is 7.43. The van der Waals surface area contributed by atoms with Crippen LogP contribution in [0, 0.1) is 6.92 Å². The highest BCUT2D eigenvalue weighted by Crippen LogP contribution is 2.24. The molecule has 0 bridgehead atoms. The zero-order valence-corrected chi connectivity index (χ0v) is 14.2. The zero-order valence-electron chi connectivity index (χ0n) is 14.2. The number of rotatable bonds is 6. The Kier molecular flexibility index (Phi) is 7.41. The summed E-state index contributed by atoms with van der Waals surface area (Å²) >= 11 is 0. The van der Waals surface area contributed by atoms with Crippen molar-refractivity contribution in [3.63, 3.8) is 0 Å². The maximum Gasteiger partial charge on any atom is 0.329 e. The molecule has 0 spiro atoms. The lowest BCUT2D eigenvalue weighted by Gasteiger charge is -2.10. The molecule has 0 saturated carbocycles.